The predicted molar refractivity (Wildman–Crippen MR) is 124 cm³/mol. The number of pyridine rings is 2. The number of anilines is 1. The molecule has 2 heterocycles. The summed E-state index contributed by atoms with van der Waals surface area (Å²) in [4.78, 5) is 21.6. The number of benzene rings is 1. The monoisotopic (exact) mass is 487 g/mol. The summed E-state index contributed by atoms with van der Waals surface area (Å²) >= 11 is 0. The lowest BCUT2D eigenvalue weighted by Crippen LogP contribution is -2.25. The Morgan fingerprint density at radius 2 is 1.80 bits per heavy atom. The number of hydrogen-bond donors (Lipinski definition) is 1. The molecule has 3 aromatic rings. The number of carbonyl (C=O) groups is 1. The summed E-state index contributed by atoms with van der Waals surface area (Å²) in [5.74, 6) is -4.67. The first kappa shape index (κ1) is 24.6. The van der Waals surface area contributed by atoms with Gasteiger partial charge in [0.1, 0.15) is 11.6 Å². The van der Waals surface area contributed by atoms with Crippen LogP contribution in [0.1, 0.15) is 61.5 Å². The number of rotatable bonds is 6. The molecular weight excluding hydrogens is 462 g/mol. The van der Waals surface area contributed by atoms with Gasteiger partial charge in [-0.3, -0.25) is 9.78 Å². The third-order valence-electron chi connectivity index (χ3n) is 5.90. The number of nitrogens with zero attached hydrogens (tertiary/aromatic N) is 2. The highest BCUT2D eigenvalue weighted by atomic mass is 19.3. The highest BCUT2D eigenvalue weighted by Crippen LogP contribution is 2.44. The van der Waals surface area contributed by atoms with Gasteiger partial charge < -0.3 is 10.1 Å². The first-order valence-electron chi connectivity index (χ1n) is 11.4. The highest BCUT2D eigenvalue weighted by Gasteiger charge is 2.37. The van der Waals surface area contributed by atoms with Gasteiger partial charge >= 0.3 is 0 Å². The van der Waals surface area contributed by atoms with Crippen LogP contribution in [0.2, 0.25) is 0 Å². The zero-order chi connectivity index (χ0) is 25.2. The van der Waals surface area contributed by atoms with Crippen LogP contribution in [0.4, 0.5) is 23.2 Å². The first-order valence-corrected chi connectivity index (χ1v) is 11.4. The van der Waals surface area contributed by atoms with E-state index in [1.54, 1.807) is 6.07 Å². The van der Waals surface area contributed by atoms with Gasteiger partial charge in [0.25, 0.3) is 5.91 Å². The molecule has 0 radical (unpaired) electrons. The minimum Gasteiger partial charge on any atom is -0.475 e. The second kappa shape index (κ2) is 10.0. The van der Waals surface area contributed by atoms with E-state index in [4.69, 9.17) is 4.74 Å². The highest BCUT2D eigenvalue weighted by molar-refractivity contribution is 6.06. The lowest BCUT2D eigenvalue weighted by atomic mass is 9.83. The summed E-state index contributed by atoms with van der Waals surface area (Å²) in [7, 11) is 0. The molecule has 4 rings (SSSR count). The van der Waals surface area contributed by atoms with Crippen molar-refractivity contribution in [2.24, 2.45) is 0 Å². The van der Waals surface area contributed by atoms with Gasteiger partial charge in [-0.1, -0.05) is 0 Å². The quantitative estimate of drug-likeness (QED) is 0.391. The van der Waals surface area contributed by atoms with Crippen molar-refractivity contribution in [3.05, 3.63) is 71.7 Å². The fourth-order valence-corrected chi connectivity index (χ4v) is 4.17. The van der Waals surface area contributed by atoms with Crippen LogP contribution in [0, 0.1) is 11.6 Å². The minimum atomic E-state index is -2.75. The maximum Gasteiger partial charge on any atom is 0.257 e. The van der Waals surface area contributed by atoms with E-state index in [1.807, 2.05) is 13.8 Å². The third-order valence-corrected chi connectivity index (χ3v) is 5.90. The molecule has 0 bridgehead atoms. The van der Waals surface area contributed by atoms with Crippen LogP contribution in [0.15, 0.2) is 48.8 Å². The van der Waals surface area contributed by atoms with E-state index in [2.05, 4.69) is 15.3 Å². The van der Waals surface area contributed by atoms with Crippen LogP contribution in [-0.2, 0) is 0 Å². The second-order valence-corrected chi connectivity index (χ2v) is 8.88. The molecule has 9 heteroatoms. The van der Waals surface area contributed by atoms with E-state index in [9.17, 15) is 22.4 Å². The van der Waals surface area contributed by atoms with Crippen molar-refractivity contribution in [1.29, 1.82) is 0 Å². The SMILES string of the molecule is CC(C)Oc1ccc(C(=O)Nc2c(-c3cc(F)ccc3F)ccnc2C2CCC(F)(F)CC2)cn1. The average molecular weight is 487 g/mol. The van der Waals surface area contributed by atoms with Crippen molar-refractivity contribution >= 4 is 11.6 Å². The smallest absolute Gasteiger partial charge is 0.257 e. The number of nitrogens with one attached hydrogen (secondary N) is 1. The molecule has 5 nitrogen and oxygen atoms in total. The molecule has 0 unspecified atom stereocenters. The van der Waals surface area contributed by atoms with E-state index in [0.29, 0.717) is 11.6 Å². The number of hydrogen-bond acceptors (Lipinski definition) is 4. The predicted octanol–water partition coefficient (Wildman–Crippen LogP) is 6.75. The summed E-state index contributed by atoms with van der Waals surface area (Å²) in [6, 6.07) is 7.56. The first-order chi connectivity index (χ1) is 16.6. The van der Waals surface area contributed by atoms with Crippen molar-refractivity contribution in [2.75, 3.05) is 5.32 Å². The van der Waals surface area contributed by atoms with Crippen LogP contribution in [0.5, 0.6) is 5.88 Å². The van der Waals surface area contributed by atoms with Gasteiger partial charge in [-0.15, -0.1) is 0 Å². The fraction of sp³-hybridized carbons (Fsp3) is 0.346. The summed E-state index contributed by atoms with van der Waals surface area (Å²) < 4.78 is 61.7. The number of amides is 1. The van der Waals surface area contributed by atoms with Crippen molar-refractivity contribution in [1.82, 2.24) is 9.97 Å². The topological polar surface area (TPSA) is 64.1 Å². The second-order valence-electron chi connectivity index (χ2n) is 8.88. The van der Waals surface area contributed by atoms with Crippen molar-refractivity contribution < 1.29 is 27.1 Å². The summed E-state index contributed by atoms with van der Waals surface area (Å²) in [5, 5.41) is 2.76. The summed E-state index contributed by atoms with van der Waals surface area (Å²) in [5.41, 5.74) is 0.883. The van der Waals surface area contributed by atoms with Crippen molar-refractivity contribution in [3.8, 4) is 17.0 Å². The van der Waals surface area contributed by atoms with Crippen LogP contribution < -0.4 is 10.1 Å². The van der Waals surface area contributed by atoms with E-state index >= 15 is 0 Å². The Bertz CT molecular complexity index is 1210. The third kappa shape index (κ3) is 5.78. The molecule has 0 saturated heterocycles. The van der Waals surface area contributed by atoms with Crippen LogP contribution in [-0.4, -0.2) is 27.9 Å². The van der Waals surface area contributed by atoms with Crippen LogP contribution >= 0.6 is 0 Å². The molecule has 2 aromatic heterocycles. The van der Waals surface area contributed by atoms with E-state index < -0.39 is 23.5 Å². The fourth-order valence-electron chi connectivity index (χ4n) is 4.17. The maximum atomic E-state index is 14.7. The Morgan fingerprint density at radius 1 is 1.06 bits per heavy atom. The Hall–Kier alpha value is -3.49. The number of halogens is 4. The lowest BCUT2D eigenvalue weighted by Gasteiger charge is -2.29. The normalized spacial score (nSPS) is 15.7. The molecule has 1 aromatic carbocycles. The molecule has 1 N–H and O–H groups in total. The zero-order valence-corrected chi connectivity index (χ0v) is 19.3. The molecule has 0 aliphatic heterocycles. The number of aromatic nitrogens is 2. The van der Waals surface area contributed by atoms with E-state index in [0.717, 1.165) is 18.2 Å². The minimum absolute atomic E-state index is 0.0658. The van der Waals surface area contributed by atoms with Gasteiger partial charge in [0, 0.05) is 48.3 Å². The largest absolute Gasteiger partial charge is 0.475 e. The van der Waals surface area contributed by atoms with Gasteiger partial charge in [0.05, 0.1) is 23.0 Å². The van der Waals surface area contributed by atoms with Gasteiger partial charge in [-0.05, 0) is 57.0 Å². The number of carbonyl (C=O) groups excluding carboxylic acids is 1. The molecule has 184 valence electrons. The Labute approximate surface area is 200 Å². The van der Waals surface area contributed by atoms with Crippen LogP contribution in [0.25, 0.3) is 11.1 Å². The molecule has 1 aliphatic carbocycles. The number of alkyl halides is 2. The standard InChI is InChI=1S/C26H25F4N3O2/c1-15(2)35-22-6-3-17(14-32-22)25(34)33-24-19(20-13-18(27)4-5-21(20)28)9-12-31-23(24)16-7-10-26(29,30)11-8-16/h3-6,9,12-16H,7-8,10-11H2,1-2H3,(H,33,34). The Morgan fingerprint density at radius 3 is 2.46 bits per heavy atom. The van der Waals surface area contributed by atoms with Gasteiger partial charge in [-0.25, -0.2) is 22.5 Å². The molecular formula is C26H25F4N3O2. The van der Waals surface area contributed by atoms with Gasteiger partial charge in [0.15, 0.2) is 0 Å². The van der Waals surface area contributed by atoms with Crippen molar-refractivity contribution in [2.45, 2.75) is 57.5 Å². The van der Waals surface area contributed by atoms with E-state index in [1.165, 1.54) is 24.5 Å². The average Bonchev–Trinajstić information content (AvgIpc) is 2.81. The van der Waals surface area contributed by atoms with Crippen LogP contribution in [0.3, 0.4) is 0 Å². The Balaban J connectivity index is 1.72. The van der Waals surface area contributed by atoms with Crippen molar-refractivity contribution in [3.63, 3.8) is 0 Å². The van der Waals surface area contributed by atoms with E-state index in [-0.39, 0.29) is 60.1 Å². The zero-order valence-electron chi connectivity index (χ0n) is 19.3. The Kier molecular flexibility index (Phi) is 7.05. The van der Waals surface area contributed by atoms with Gasteiger partial charge in [-0.2, -0.15) is 0 Å². The number of ether oxygens (including phenoxy) is 1. The molecule has 1 aliphatic rings. The molecule has 0 atom stereocenters. The summed E-state index contributed by atoms with van der Waals surface area (Å²) in [6.07, 6.45) is 2.34. The molecule has 1 amide bonds. The molecule has 0 spiro atoms. The molecule has 1 fully saturated rings. The molecule has 1 saturated carbocycles. The lowest BCUT2D eigenvalue weighted by molar-refractivity contribution is -0.0384. The maximum absolute atomic E-state index is 14.7. The van der Waals surface area contributed by atoms with Gasteiger partial charge in [0.2, 0.25) is 11.8 Å². The molecule has 35 heavy (non-hydrogen) atoms. The summed E-state index contributed by atoms with van der Waals surface area (Å²) in [6.45, 7) is 3.70.